The number of aromatic nitrogens is 1. The summed E-state index contributed by atoms with van der Waals surface area (Å²) in [6.07, 6.45) is 0. The van der Waals surface area contributed by atoms with E-state index in [1.807, 2.05) is 18.5 Å². The molecule has 0 atom stereocenters. The highest BCUT2D eigenvalue weighted by Gasteiger charge is 2.11. The van der Waals surface area contributed by atoms with Crippen molar-refractivity contribution in [2.75, 3.05) is 7.05 Å². The van der Waals surface area contributed by atoms with Gasteiger partial charge in [0.1, 0.15) is 11.5 Å². The van der Waals surface area contributed by atoms with Gasteiger partial charge in [0.25, 0.3) is 0 Å². The summed E-state index contributed by atoms with van der Waals surface area (Å²) in [4.78, 5) is 7.85. The Morgan fingerprint density at radius 2 is 2.17 bits per heavy atom. The minimum atomic E-state index is 0.457. The molecule has 0 unspecified atom stereocenters. The first-order valence-corrected chi connectivity index (χ1v) is 6.84. The summed E-state index contributed by atoms with van der Waals surface area (Å²) in [5.74, 6) is 1.81. The van der Waals surface area contributed by atoms with Gasteiger partial charge in [0.2, 0.25) is 0 Å². The zero-order valence-corrected chi connectivity index (χ0v) is 11.9. The van der Waals surface area contributed by atoms with Gasteiger partial charge in [0.05, 0.1) is 17.7 Å². The molecule has 0 aliphatic carbocycles. The number of nitrogens with two attached hydrogens (primary N) is 1. The van der Waals surface area contributed by atoms with Gasteiger partial charge in [-0.15, -0.1) is 11.3 Å². The molecule has 0 bridgehead atoms. The van der Waals surface area contributed by atoms with Gasteiger partial charge in [-0.05, 0) is 27.0 Å². The zero-order valence-electron chi connectivity index (χ0n) is 11.1. The fraction of sp³-hybridized carbons (Fsp3) is 0.462. The van der Waals surface area contributed by atoms with Crippen LogP contribution >= 0.6 is 11.3 Å². The summed E-state index contributed by atoms with van der Waals surface area (Å²) in [5.41, 5.74) is 9.81. The van der Waals surface area contributed by atoms with Gasteiger partial charge in [-0.3, -0.25) is 4.90 Å². The largest absolute Gasteiger partial charge is 0.465 e. The van der Waals surface area contributed by atoms with E-state index in [0.717, 1.165) is 30.3 Å². The van der Waals surface area contributed by atoms with Crippen LogP contribution in [0.3, 0.4) is 0 Å². The smallest absolute Gasteiger partial charge is 0.118 e. The minimum Gasteiger partial charge on any atom is -0.465 e. The van der Waals surface area contributed by atoms with Crippen molar-refractivity contribution < 1.29 is 4.42 Å². The lowest BCUT2D eigenvalue weighted by molar-refractivity contribution is 0.318. The van der Waals surface area contributed by atoms with Gasteiger partial charge < -0.3 is 10.2 Å². The third kappa shape index (κ3) is 2.98. The third-order valence-electron chi connectivity index (χ3n) is 2.97. The van der Waals surface area contributed by atoms with Gasteiger partial charge in [-0.2, -0.15) is 0 Å². The van der Waals surface area contributed by atoms with Crippen molar-refractivity contribution in [3.8, 4) is 0 Å². The van der Waals surface area contributed by atoms with Crippen molar-refractivity contribution in [3.63, 3.8) is 0 Å². The molecule has 5 heteroatoms. The summed E-state index contributed by atoms with van der Waals surface area (Å²) in [6.45, 7) is 6.28. The molecule has 0 amide bonds. The predicted molar refractivity (Wildman–Crippen MR) is 73.4 cm³/mol. The first-order chi connectivity index (χ1) is 8.60. The van der Waals surface area contributed by atoms with E-state index in [2.05, 4.69) is 23.9 Å². The average Bonchev–Trinajstić information content (AvgIpc) is 2.87. The maximum atomic E-state index is 5.58. The number of hydrogen-bond acceptors (Lipinski definition) is 5. The molecule has 4 nitrogen and oxygen atoms in total. The van der Waals surface area contributed by atoms with Gasteiger partial charge in [-0.1, -0.05) is 0 Å². The normalized spacial score (nSPS) is 11.4. The number of hydrogen-bond donors (Lipinski definition) is 1. The van der Waals surface area contributed by atoms with E-state index in [0.29, 0.717) is 6.54 Å². The van der Waals surface area contributed by atoms with Crippen molar-refractivity contribution in [3.05, 3.63) is 39.2 Å². The SMILES string of the molecule is Cc1ncsc1CN(C)Cc1cc(CN)oc1C. The molecular formula is C13H19N3OS. The number of nitrogens with zero attached hydrogens (tertiary/aromatic N) is 2. The molecule has 0 fully saturated rings. The van der Waals surface area contributed by atoms with Crippen LogP contribution in [0.1, 0.15) is 27.7 Å². The van der Waals surface area contributed by atoms with Crippen LogP contribution in [-0.2, 0) is 19.6 Å². The van der Waals surface area contributed by atoms with E-state index in [-0.39, 0.29) is 0 Å². The van der Waals surface area contributed by atoms with Crippen LogP contribution in [-0.4, -0.2) is 16.9 Å². The van der Waals surface area contributed by atoms with E-state index in [9.17, 15) is 0 Å². The number of furan rings is 1. The summed E-state index contributed by atoms with van der Waals surface area (Å²) >= 11 is 1.71. The van der Waals surface area contributed by atoms with Crippen molar-refractivity contribution in [1.82, 2.24) is 9.88 Å². The Morgan fingerprint density at radius 3 is 2.72 bits per heavy atom. The molecule has 2 aromatic rings. The molecule has 2 rings (SSSR count). The second kappa shape index (κ2) is 5.65. The minimum absolute atomic E-state index is 0.457. The molecule has 0 saturated carbocycles. The molecule has 0 aromatic carbocycles. The van der Waals surface area contributed by atoms with E-state index < -0.39 is 0 Å². The van der Waals surface area contributed by atoms with E-state index in [1.165, 1.54) is 10.4 Å². The number of thiazole rings is 1. The first-order valence-electron chi connectivity index (χ1n) is 5.96. The molecule has 0 radical (unpaired) electrons. The highest BCUT2D eigenvalue weighted by atomic mass is 32.1. The Morgan fingerprint density at radius 1 is 1.39 bits per heavy atom. The van der Waals surface area contributed by atoms with E-state index in [1.54, 1.807) is 11.3 Å². The highest BCUT2D eigenvalue weighted by molar-refractivity contribution is 7.09. The van der Waals surface area contributed by atoms with Gasteiger partial charge in [-0.25, -0.2) is 4.98 Å². The average molecular weight is 265 g/mol. The maximum Gasteiger partial charge on any atom is 0.118 e. The van der Waals surface area contributed by atoms with Crippen molar-refractivity contribution in [1.29, 1.82) is 0 Å². The lowest BCUT2D eigenvalue weighted by Crippen LogP contribution is -2.17. The Bertz CT molecular complexity index is 518. The fourth-order valence-corrected chi connectivity index (χ4v) is 2.77. The number of rotatable bonds is 5. The molecule has 2 aromatic heterocycles. The van der Waals surface area contributed by atoms with Gasteiger partial charge in [0, 0.05) is 23.5 Å². The van der Waals surface area contributed by atoms with Crippen molar-refractivity contribution in [2.24, 2.45) is 5.73 Å². The highest BCUT2D eigenvalue weighted by Crippen LogP contribution is 2.19. The molecule has 0 aliphatic heterocycles. The summed E-state index contributed by atoms with van der Waals surface area (Å²) in [7, 11) is 2.10. The van der Waals surface area contributed by atoms with E-state index in [4.69, 9.17) is 10.2 Å². The predicted octanol–water partition coefficient (Wildman–Crippen LogP) is 2.44. The van der Waals surface area contributed by atoms with Crippen LogP contribution in [0.15, 0.2) is 16.0 Å². The van der Waals surface area contributed by atoms with Crippen LogP contribution < -0.4 is 5.73 Å². The molecule has 18 heavy (non-hydrogen) atoms. The fourth-order valence-electron chi connectivity index (χ4n) is 1.92. The second-order valence-electron chi connectivity index (χ2n) is 4.53. The maximum absolute atomic E-state index is 5.58. The van der Waals surface area contributed by atoms with E-state index >= 15 is 0 Å². The monoisotopic (exact) mass is 265 g/mol. The van der Waals surface area contributed by atoms with Crippen LogP contribution in [0.25, 0.3) is 0 Å². The Hall–Kier alpha value is -1.17. The summed E-state index contributed by atoms with van der Waals surface area (Å²) in [5, 5.41) is 0. The number of aryl methyl sites for hydroxylation is 2. The van der Waals surface area contributed by atoms with Crippen LogP contribution in [0, 0.1) is 13.8 Å². The summed E-state index contributed by atoms with van der Waals surface area (Å²) < 4.78 is 5.56. The lowest BCUT2D eigenvalue weighted by atomic mass is 10.2. The molecule has 98 valence electrons. The quantitative estimate of drug-likeness (QED) is 0.902. The first kappa shape index (κ1) is 13.3. The zero-order chi connectivity index (χ0) is 13.1. The molecule has 2 heterocycles. The lowest BCUT2D eigenvalue weighted by Gasteiger charge is -2.15. The topological polar surface area (TPSA) is 55.3 Å². The van der Waals surface area contributed by atoms with Gasteiger partial charge >= 0.3 is 0 Å². The Labute approximate surface area is 111 Å². The Balaban J connectivity index is 2.00. The summed E-state index contributed by atoms with van der Waals surface area (Å²) in [6, 6.07) is 2.05. The molecule has 2 N–H and O–H groups in total. The third-order valence-corrected chi connectivity index (χ3v) is 3.89. The molecule has 0 aliphatic rings. The van der Waals surface area contributed by atoms with Crippen LogP contribution in [0.4, 0.5) is 0 Å². The van der Waals surface area contributed by atoms with Crippen LogP contribution in [0.5, 0.6) is 0 Å². The Kier molecular flexibility index (Phi) is 4.16. The second-order valence-corrected chi connectivity index (χ2v) is 5.47. The van der Waals surface area contributed by atoms with Crippen LogP contribution in [0.2, 0.25) is 0 Å². The van der Waals surface area contributed by atoms with Gasteiger partial charge in [0.15, 0.2) is 0 Å². The van der Waals surface area contributed by atoms with Crippen molar-refractivity contribution in [2.45, 2.75) is 33.5 Å². The molecular weight excluding hydrogens is 246 g/mol. The molecule has 0 saturated heterocycles. The standard InChI is InChI=1S/C13H19N3OS/c1-9-13(18-8-15-9)7-16(3)6-11-4-12(5-14)17-10(11)2/h4,8H,5-7,14H2,1-3H3. The molecule has 0 spiro atoms. The van der Waals surface area contributed by atoms with Crippen molar-refractivity contribution >= 4 is 11.3 Å².